The zero-order valence-electron chi connectivity index (χ0n) is 10.8. The van der Waals surface area contributed by atoms with Crippen LogP contribution in [0.1, 0.15) is 46.0 Å². The van der Waals surface area contributed by atoms with Crippen molar-refractivity contribution in [2.24, 2.45) is 11.7 Å². The van der Waals surface area contributed by atoms with Crippen molar-refractivity contribution in [2.75, 3.05) is 13.6 Å². The second-order valence-corrected chi connectivity index (χ2v) is 4.34. The molecule has 0 aliphatic carbocycles. The number of nitrogens with zero attached hydrogens (tertiary/aromatic N) is 1. The first-order valence-electron chi connectivity index (χ1n) is 6.10. The Kier molecular flexibility index (Phi) is 7.60. The number of carbonyl (C=O) groups is 1. The Labute approximate surface area is 98.7 Å². The zero-order valence-corrected chi connectivity index (χ0v) is 10.8. The minimum Gasteiger partial charge on any atom is -0.370 e. The SMILES string of the molecule is CCCCC(CCC)C(=O)CN(C)C(=N)N. The van der Waals surface area contributed by atoms with Gasteiger partial charge in [-0.15, -0.1) is 0 Å². The van der Waals surface area contributed by atoms with Crippen LogP contribution in [0, 0.1) is 11.3 Å². The molecule has 0 rings (SSSR count). The van der Waals surface area contributed by atoms with Crippen LogP contribution in [-0.4, -0.2) is 30.2 Å². The summed E-state index contributed by atoms with van der Waals surface area (Å²) in [5, 5.41) is 7.23. The lowest BCUT2D eigenvalue weighted by molar-refractivity contribution is -0.123. The quantitative estimate of drug-likeness (QED) is 0.492. The maximum atomic E-state index is 12.0. The third kappa shape index (κ3) is 5.73. The summed E-state index contributed by atoms with van der Waals surface area (Å²) in [5.41, 5.74) is 5.32. The molecule has 0 aliphatic rings. The zero-order chi connectivity index (χ0) is 12.6. The summed E-state index contributed by atoms with van der Waals surface area (Å²) in [6.45, 7) is 4.50. The molecular weight excluding hydrogens is 202 g/mol. The van der Waals surface area contributed by atoms with Crippen LogP contribution in [0.3, 0.4) is 0 Å². The Morgan fingerprint density at radius 2 is 1.94 bits per heavy atom. The Bertz CT molecular complexity index is 228. The van der Waals surface area contributed by atoms with Crippen molar-refractivity contribution in [3.63, 3.8) is 0 Å². The fourth-order valence-electron chi connectivity index (χ4n) is 1.71. The highest BCUT2D eigenvalue weighted by atomic mass is 16.1. The van der Waals surface area contributed by atoms with E-state index in [1.807, 2.05) is 0 Å². The molecule has 3 N–H and O–H groups in total. The smallest absolute Gasteiger partial charge is 0.188 e. The molecule has 0 spiro atoms. The molecule has 0 aromatic heterocycles. The molecule has 94 valence electrons. The van der Waals surface area contributed by atoms with Gasteiger partial charge in [0.25, 0.3) is 0 Å². The predicted molar refractivity (Wildman–Crippen MR) is 67.5 cm³/mol. The van der Waals surface area contributed by atoms with Crippen LogP contribution in [0.5, 0.6) is 0 Å². The molecule has 4 heteroatoms. The molecule has 0 bridgehead atoms. The highest BCUT2D eigenvalue weighted by Gasteiger charge is 2.18. The van der Waals surface area contributed by atoms with Crippen LogP contribution in [0.4, 0.5) is 0 Å². The number of nitrogens with two attached hydrogens (primary N) is 1. The number of carbonyl (C=O) groups excluding carboxylic acids is 1. The van der Waals surface area contributed by atoms with Crippen LogP contribution in [0.15, 0.2) is 0 Å². The van der Waals surface area contributed by atoms with Crippen LogP contribution >= 0.6 is 0 Å². The Morgan fingerprint density at radius 1 is 1.31 bits per heavy atom. The number of hydrogen-bond donors (Lipinski definition) is 2. The fraction of sp³-hybridized carbons (Fsp3) is 0.833. The van der Waals surface area contributed by atoms with Crippen LogP contribution in [-0.2, 0) is 4.79 Å². The summed E-state index contributed by atoms with van der Waals surface area (Å²) in [6, 6.07) is 0. The van der Waals surface area contributed by atoms with E-state index in [2.05, 4.69) is 13.8 Å². The third-order valence-electron chi connectivity index (χ3n) is 2.80. The number of likely N-dealkylation sites (N-methyl/N-ethyl adjacent to an activating group) is 1. The van der Waals surface area contributed by atoms with E-state index in [-0.39, 0.29) is 24.2 Å². The maximum Gasteiger partial charge on any atom is 0.188 e. The molecule has 0 aliphatic heterocycles. The monoisotopic (exact) mass is 227 g/mol. The second kappa shape index (κ2) is 8.13. The molecule has 0 saturated carbocycles. The molecule has 0 amide bonds. The summed E-state index contributed by atoms with van der Waals surface area (Å²) in [5.74, 6) is 0.318. The lowest BCUT2D eigenvalue weighted by atomic mass is 9.92. The van der Waals surface area contributed by atoms with Gasteiger partial charge in [0.1, 0.15) is 0 Å². The van der Waals surface area contributed by atoms with Crippen molar-refractivity contribution >= 4 is 11.7 Å². The minimum atomic E-state index is -0.0425. The summed E-state index contributed by atoms with van der Waals surface area (Å²) in [6.07, 6.45) is 5.17. The van der Waals surface area contributed by atoms with E-state index in [0.717, 1.165) is 32.1 Å². The van der Waals surface area contributed by atoms with Gasteiger partial charge in [0.05, 0.1) is 6.54 Å². The highest BCUT2D eigenvalue weighted by molar-refractivity contribution is 5.87. The van der Waals surface area contributed by atoms with Gasteiger partial charge >= 0.3 is 0 Å². The molecule has 0 heterocycles. The molecular formula is C12H25N3O. The van der Waals surface area contributed by atoms with E-state index in [4.69, 9.17) is 11.1 Å². The third-order valence-corrected chi connectivity index (χ3v) is 2.80. The van der Waals surface area contributed by atoms with Crippen molar-refractivity contribution < 1.29 is 4.79 Å². The first kappa shape index (κ1) is 14.9. The number of hydrogen-bond acceptors (Lipinski definition) is 2. The van der Waals surface area contributed by atoms with E-state index >= 15 is 0 Å². The van der Waals surface area contributed by atoms with Crippen LogP contribution in [0.2, 0.25) is 0 Å². The first-order valence-corrected chi connectivity index (χ1v) is 6.10. The van der Waals surface area contributed by atoms with E-state index in [0.29, 0.717) is 0 Å². The molecule has 1 unspecified atom stereocenters. The van der Waals surface area contributed by atoms with Gasteiger partial charge in [-0.05, 0) is 12.8 Å². The van der Waals surface area contributed by atoms with Gasteiger partial charge in [0.15, 0.2) is 11.7 Å². The number of unbranched alkanes of at least 4 members (excludes halogenated alkanes) is 1. The van der Waals surface area contributed by atoms with Gasteiger partial charge in [-0.2, -0.15) is 0 Å². The second-order valence-electron chi connectivity index (χ2n) is 4.34. The van der Waals surface area contributed by atoms with Gasteiger partial charge in [-0.25, -0.2) is 0 Å². The predicted octanol–water partition coefficient (Wildman–Crippen LogP) is 1.99. The summed E-state index contributed by atoms with van der Waals surface area (Å²) < 4.78 is 0. The van der Waals surface area contributed by atoms with Crippen molar-refractivity contribution in [2.45, 2.75) is 46.0 Å². The van der Waals surface area contributed by atoms with Gasteiger partial charge in [0, 0.05) is 13.0 Å². The molecule has 0 radical (unpaired) electrons. The summed E-state index contributed by atoms with van der Waals surface area (Å²) in [7, 11) is 1.68. The number of ketones is 1. The number of rotatable bonds is 8. The van der Waals surface area contributed by atoms with E-state index in [9.17, 15) is 4.79 Å². The standard InChI is InChI=1S/C12H25N3O/c1-4-6-8-10(7-5-2)11(16)9-15(3)12(13)14/h10H,4-9H2,1-3H3,(H3,13,14). The Balaban J connectivity index is 4.20. The van der Waals surface area contributed by atoms with Gasteiger partial charge in [-0.1, -0.05) is 33.1 Å². The normalized spacial score (nSPS) is 12.2. The fourth-order valence-corrected chi connectivity index (χ4v) is 1.71. The first-order chi connectivity index (χ1) is 7.52. The van der Waals surface area contributed by atoms with E-state index in [1.54, 1.807) is 7.05 Å². The van der Waals surface area contributed by atoms with Crippen molar-refractivity contribution in [1.82, 2.24) is 4.90 Å². The molecule has 0 aromatic rings. The van der Waals surface area contributed by atoms with E-state index < -0.39 is 0 Å². The van der Waals surface area contributed by atoms with E-state index in [1.165, 1.54) is 4.90 Å². The van der Waals surface area contributed by atoms with Crippen molar-refractivity contribution in [3.05, 3.63) is 0 Å². The average molecular weight is 227 g/mol. The minimum absolute atomic E-state index is 0.0425. The van der Waals surface area contributed by atoms with Gasteiger partial charge in [0.2, 0.25) is 0 Å². The molecule has 0 aromatic carbocycles. The lowest BCUT2D eigenvalue weighted by Crippen LogP contribution is -2.38. The topological polar surface area (TPSA) is 70.2 Å². The maximum absolute atomic E-state index is 12.0. The van der Waals surface area contributed by atoms with Gasteiger partial charge < -0.3 is 10.6 Å². The number of guanidine groups is 1. The van der Waals surface area contributed by atoms with Gasteiger partial charge in [-0.3, -0.25) is 10.2 Å². The largest absolute Gasteiger partial charge is 0.370 e. The highest BCUT2D eigenvalue weighted by Crippen LogP contribution is 2.16. The summed E-state index contributed by atoms with van der Waals surface area (Å²) >= 11 is 0. The molecule has 0 saturated heterocycles. The summed E-state index contributed by atoms with van der Waals surface area (Å²) in [4.78, 5) is 13.5. The van der Waals surface area contributed by atoms with Crippen LogP contribution in [0.25, 0.3) is 0 Å². The van der Waals surface area contributed by atoms with Crippen molar-refractivity contribution in [3.8, 4) is 0 Å². The molecule has 4 nitrogen and oxygen atoms in total. The number of nitrogens with one attached hydrogen (secondary N) is 1. The molecule has 1 atom stereocenters. The Morgan fingerprint density at radius 3 is 2.38 bits per heavy atom. The Hall–Kier alpha value is -1.06. The van der Waals surface area contributed by atoms with Crippen LogP contribution < -0.4 is 5.73 Å². The molecule has 0 fully saturated rings. The van der Waals surface area contributed by atoms with Crippen molar-refractivity contribution in [1.29, 1.82) is 5.41 Å². The number of Topliss-reactive ketones (excluding diaryl/α,β-unsaturated/α-hetero) is 1. The molecule has 16 heavy (non-hydrogen) atoms. The lowest BCUT2D eigenvalue weighted by Gasteiger charge is -2.20. The average Bonchev–Trinajstić information content (AvgIpc) is 2.23.